The number of ether oxygens (including phenoxy) is 1. The van der Waals surface area contributed by atoms with Crippen LogP contribution in [-0.2, 0) is 21.6 Å². The first-order valence-corrected chi connectivity index (χ1v) is 5.68. The Bertz CT molecular complexity index is 428. The van der Waals surface area contributed by atoms with E-state index in [0.717, 1.165) is 16.7 Å². The first-order valence-electron chi connectivity index (χ1n) is 5.68. The Morgan fingerprint density at radius 1 is 1.35 bits per heavy atom. The van der Waals surface area contributed by atoms with Crippen LogP contribution in [0.4, 0.5) is 0 Å². The Kier molecular flexibility index (Phi) is 3.81. The summed E-state index contributed by atoms with van der Waals surface area (Å²) >= 11 is 0. The van der Waals surface area contributed by atoms with Gasteiger partial charge in [0.2, 0.25) is 0 Å². The number of rotatable bonds is 2. The summed E-state index contributed by atoms with van der Waals surface area (Å²) in [5.41, 5.74) is 2.59. The van der Waals surface area contributed by atoms with Gasteiger partial charge in [0.25, 0.3) is 0 Å². The van der Waals surface area contributed by atoms with E-state index in [4.69, 9.17) is 4.74 Å². The third-order valence-electron chi connectivity index (χ3n) is 2.69. The van der Waals surface area contributed by atoms with E-state index in [-0.39, 0.29) is 18.0 Å². The van der Waals surface area contributed by atoms with Crippen LogP contribution in [0.5, 0.6) is 5.75 Å². The molecule has 0 aliphatic heterocycles. The molecule has 0 bridgehead atoms. The second-order valence-corrected chi connectivity index (χ2v) is 5.33. The van der Waals surface area contributed by atoms with Crippen LogP contribution in [0.25, 0.3) is 0 Å². The van der Waals surface area contributed by atoms with E-state index in [1.165, 1.54) is 6.92 Å². The van der Waals surface area contributed by atoms with E-state index in [9.17, 15) is 9.90 Å². The van der Waals surface area contributed by atoms with Crippen LogP contribution in [0.3, 0.4) is 0 Å². The molecule has 0 saturated carbocycles. The van der Waals surface area contributed by atoms with Crippen molar-refractivity contribution in [3.63, 3.8) is 0 Å². The lowest BCUT2D eigenvalue weighted by Gasteiger charge is -2.22. The average molecular weight is 236 g/mol. The highest BCUT2D eigenvalue weighted by atomic mass is 16.5. The number of hydrogen-bond acceptors (Lipinski definition) is 3. The second-order valence-electron chi connectivity index (χ2n) is 5.33. The van der Waals surface area contributed by atoms with E-state index >= 15 is 0 Å². The monoisotopic (exact) mass is 236 g/mol. The van der Waals surface area contributed by atoms with E-state index in [2.05, 4.69) is 0 Å². The van der Waals surface area contributed by atoms with Gasteiger partial charge in [0.05, 0.1) is 0 Å². The number of aromatic hydroxyl groups is 1. The van der Waals surface area contributed by atoms with Gasteiger partial charge in [-0.1, -0.05) is 20.8 Å². The molecule has 0 radical (unpaired) electrons. The molecular formula is C14H20O3. The number of esters is 1. The highest BCUT2D eigenvalue weighted by Crippen LogP contribution is 2.33. The summed E-state index contributed by atoms with van der Waals surface area (Å²) in [7, 11) is 0. The molecule has 17 heavy (non-hydrogen) atoms. The number of carbonyl (C=O) groups excluding carboxylic acids is 1. The molecule has 1 aromatic carbocycles. The molecule has 0 fully saturated rings. The molecule has 1 aromatic rings. The van der Waals surface area contributed by atoms with Crippen molar-refractivity contribution < 1.29 is 14.6 Å². The minimum absolute atomic E-state index is 0.136. The van der Waals surface area contributed by atoms with Crippen molar-refractivity contribution in [3.05, 3.63) is 28.8 Å². The first kappa shape index (κ1) is 13.6. The number of phenols is 1. The highest BCUT2D eigenvalue weighted by Gasteiger charge is 2.19. The quantitative estimate of drug-likeness (QED) is 0.803. The lowest BCUT2D eigenvalue weighted by molar-refractivity contribution is -0.142. The zero-order valence-corrected chi connectivity index (χ0v) is 11.1. The lowest BCUT2D eigenvalue weighted by Crippen LogP contribution is -2.13. The lowest BCUT2D eigenvalue weighted by atomic mass is 9.84. The van der Waals surface area contributed by atoms with Crippen LogP contribution in [0.15, 0.2) is 12.1 Å². The fourth-order valence-corrected chi connectivity index (χ4v) is 1.67. The third kappa shape index (κ3) is 3.48. The molecule has 0 aromatic heterocycles. The van der Waals surface area contributed by atoms with Crippen molar-refractivity contribution >= 4 is 5.97 Å². The third-order valence-corrected chi connectivity index (χ3v) is 2.69. The zero-order valence-electron chi connectivity index (χ0n) is 11.1. The van der Waals surface area contributed by atoms with Gasteiger partial charge in [-0.15, -0.1) is 0 Å². The van der Waals surface area contributed by atoms with Crippen molar-refractivity contribution in [2.75, 3.05) is 0 Å². The Balaban J connectivity index is 3.11. The fraction of sp³-hybridized carbons (Fsp3) is 0.500. The smallest absolute Gasteiger partial charge is 0.302 e. The molecule has 0 aliphatic carbocycles. The molecule has 1 rings (SSSR count). The van der Waals surface area contributed by atoms with E-state index in [1.807, 2.05) is 33.8 Å². The van der Waals surface area contributed by atoms with E-state index < -0.39 is 0 Å². The Labute approximate surface area is 102 Å². The van der Waals surface area contributed by atoms with Gasteiger partial charge >= 0.3 is 5.97 Å². The van der Waals surface area contributed by atoms with Crippen LogP contribution in [0.2, 0.25) is 0 Å². The summed E-state index contributed by atoms with van der Waals surface area (Å²) in [6, 6.07) is 3.63. The molecule has 0 heterocycles. The van der Waals surface area contributed by atoms with Crippen molar-refractivity contribution in [2.24, 2.45) is 0 Å². The maximum atomic E-state index is 10.8. The molecule has 94 valence electrons. The van der Waals surface area contributed by atoms with Crippen molar-refractivity contribution in [2.45, 2.75) is 46.6 Å². The highest BCUT2D eigenvalue weighted by molar-refractivity contribution is 5.66. The summed E-state index contributed by atoms with van der Waals surface area (Å²) in [5.74, 6) is -0.00337. The average Bonchev–Trinajstić information content (AvgIpc) is 2.13. The minimum atomic E-state index is -0.296. The van der Waals surface area contributed by atoms with Crippen LogP contribution in [-0.4, -0.2) is 11.1 Å². The Morgan fingerprint density at radius 2 is 1.94 bits per heavy atom. The van der Waals surface area contributed by atoms with Gasteiger partial charge in [-0.3, -0.25) is 4.79 Å². The number of aryl methyl sites for hydroxylation is 1. The molecule has 1 N–H and O–H groups in total. The standard InChI is InChI=1S/C14H20O3/c1-9-6-13(16)12(14(3,4)5)7-11(9)8-17-10(2)15/h6-7,16H,8H2,1-5H3. The topological polar surface area (TPSA) is 46.5 Å². The van der Waals surface area contributed by atoms with E-state index in [0.29, 0.717) is 5.75 Å². The first-order chi connectivity index (χ1) is 7.71. The predicted molar refractivity (Wildman–Crippen MR) is 67.0 cm³/mol. The Morgan fingerprint density at radius 3 is 2.41 bits per heavy atom. The van der Waals surface area contributed by atoms with Crippen LogP contribution in [0.1, 0.15) is 44.4 Å². The van der Waals surface area contributed by atoms with Gasteiger partial charge in [-0.2, -0.15) is 0 Å². The largest absolute Gasteiger partial charge is 0.508 e. The fourth-order valence-electron chi connectivity index (χ4n) is 1.67. The molecule has 0 unspecified atom stereocenters. The van der Waals surface area contributed by atoms with Crippen molar-refractivity contribution in [1.29, 1.82) is 0 Å². The van der Waals surface area contributed by atoms with Crippen LogP contribution in [0, 0.1) is 6.92 Å². The number of hydrogen-bond donors (Lipinski definition) is 1. The van der Waals surface area contributed by atoms with Gasteiger partial charge in [-0.05, 0) is 41.2 Å². The van der Waals surface area contributed by atoms with Gasteiger partial charge in [-0.25, -0.2) is 0 Å². The van der Waals surface area contributed by atoms with Gasteiger partial charge in [0.1, 0.15) is 12.4 Å². The van der Waals surface area contributed by atoms with Gasteiger partial charge in [0, 0.05) is 6.92 Å². The zero-order chi connectivity index (χ0) is 13.2. The number of benzene rings is 1. The van der Waals surface area contributed by atoms with E-state index in [1.54, 1.807) is 6.07 Å². The second kappa shape index (κ2) is 4.78. The summed E-state index contributed by atoms with van der Waals surface area (Å²) in [6.07, 6.45) is 0. The van der Waals surface area contributed by atoms with Crippen molar-refractivity contribution in [3.8, 4) is 5.75 Å². The molecule has 0 aliphatic rings. The molecule has 0 spiro atoms. The molecule has 3 nitrogen and oxygen atoms in total. The number of carbonyl (C=O) groups is 1. The van der Waals surface area contributed by atoms with Crippen molar-refractivity contribution in [1.82, 2.24) is 0 Å². The van der Waals surface area contributed by atoms with Crippen LogP contribution >= 0.6 is 0 Å². The normalized spacial score (nSPS) is 11.4. The Hall–Kier alpha value is -1.51. The van der Waals surface area contributed by atoms with Gasteiger partial charge < -0.3 is 9.84 Å². The summed E-state index contributed by atoms with van der Waals surface area (Å²) < 4.78 is 5.00. The molecule has 3 heteroatoms. The maximum Gasteiger partial charge on any atom is 0.302 e. The summed E-state index contributed by atoms with van der Waals surface area (Å²) in [6.45, 7) is 9.64. The number of phenolic OH excluding ortho intramolecular Hbond substituents is 1. The predicted octanol–water partition coefficient (Wildman–Crippen LogP) is 3.06. The summed E-state index contributed by atoms with van der Waals surface area (Å²) in [4.78, 5) is 10.8. The molecular weight excluding hydrogens is 216 g/mol. The minimum Gasteiger partial charge on any atom is -0.508 e. The SMILES string of the molecule is CC(=O)OCc1cc(C(C)(C)C)c(O)cc1C. The van der Waals surface area contributed by atoms with Gasteiger partial charge in [0.15, 0.2) is 0 Å². The molecule has 0 saturated heterocycles. The summed E-state index contributed by atoms with van der Waals surface area (Å²) in [5, 5.41) is 9.92. The van der Waals surface area contributed by atoms with Crippen LogP contribution < -0.4 is 0 Å². The molecule has 0 amide bonds. The molecule has 0 atom stereocenters. The maximum absolute atomic E-state index is 10.8.